The SMILES string of the molecule is O=S1CCN(c2ccc(CO)c(C(F)(F)F)c2)CC1. The van der Waals surface area contributed by atoms with Gasteiger partial charge in [0.05, 0.1) is 12.2 Å². The third kappa shape index (κ3) is 3.27. The van der Waals surface area contributed by atoms with E-state index in [1.807, 2.05) is 0 Å². The number of hydrogen-bond acceptors (Lipinski definition) is 3. The van der Waals surface area contributed by atoms with Crippen molar-refractivity contribution in [3.05, 3.63) is 29.3 Å². The van der Waals surface area contributed by atoms with Crippen LogP contribution in [0.4, 0.5) is 18.9 Å². The van der Waals surface area contributed by atoms with Crippen LogP contribution >= 0.6 is 0 Å². The lowest BCUT2D eigenvalue weighted by atomic mass is 10.1. The van der Waals surface area contributed by atoms with E-state index in [1.165, 1.54) is 6.07 Å². The Labute approximate surface area is 111 Å². The molecule has 1 N–H and O–H groups in total. The zero-order valence-corrected chi connectivity index (χ0v) is 10.9. The number of alkyl halides is 3. The van der Waals surface area contributed by atoms with E-state index in [4.69, 9.17) is 5.11 Å². The van der Waals surface area contributed by atoms with Crippen LogP contribution in [0, 0.1) is 0 Å². The molecular formula is C12H14F3NO2S. The van der Waals surface area contributed by atoms with Gasteiger partial charge < -0.3 is 10.0 Å². The van der Waals surface area contributed by atoms with Gasteiger partial charge in [0, 0.05) is 41.1 Å². The minimum absolute atomic E-state index is 0.128. The molecule has 0 saturated carbocycles. The molecule has 0 amide bonds. The van der Waals surface area contributed by atoms with Crippen molar-refractivity contribution < 1.29 is 22.5 Å². The van der Waals surface area contributed by atoms with E-state index in [1.54, 1.807) is 11.0 Å². The van der Waals surface area contributed by atoms with Crippen LogP contribution in [0.25, 0.3) is 0 Å². The van der Waals surface area contributed by atoms with Crippen LogP contribution in [-0.4, -0.2) is 33.9 Å². The van der Waals surface area contributed by atoms with Crippen LogP contribution in [0.5, 0.6) is 0 Å². The van der Waals surface area contributed by atoms with Gasteiger partial charge in [-0.25, -0.2) is 0 Å². The summed E-state index contributed by atoms with van der Waals surface area (Å²) in [5, 5.41) is 8.96. The summed E-state index contributed by atoms with van der Waals surface area (Å²) in [6.45, 7) is 0.337. The first-order valence-electron chi connectivity index (χ1n) is 5.82. The third-order valence-corrected chi connectivity index (χ3v) is 4.39. The molecule has 106 valence electrons. The van der Waals surface area contributed by atoms with Gasteiger partial charge in [0.2, 0.25) is 0 Å². The molecule has 3 nitrogen and oxygen atoms in total. The van der Waals surface area contributed by atoms with Gasteiger partial charge in [0.1, 0.15) is 0 Å². The Morgan fingerprint density at radius 3 is 2.42 bits per heavy atom. The maximum atomic E-state index is 12.9. The number of benzene rings is 1. The number of anilines is 1. The molecule has 1 aromatic rings. The van der Waals surface area contributed by atoms with E-state index >= 15 is 0 Å². The maximum absolute atomic E-state index is 12.9. The van der Waals surface area contributed by atoms with Crippen molar-refractivity contribution in [1.82, 2.24) is 0 Å². The molecule has 0 aliphatic carbocycles. The Kier molecular flexibility index (Phi) is 4.15. The van der Waals surface area contributed by atoms with Crippen LogP contribution in [0.3, 0.4) is 0 Å². The van der Waals surface area contributed by atoms with Gasteiger partial charge in [-0.15, -0.1) is 0 Å². The van der Waals surface area contributed by atoms with Crippen molar-refractivity contribution in [1.29, 1.82) is 0 Å². The molecule has 1 saturated heterocycles. The molecule has 1 fully saturated rings. The van der Waals surface area contributed by atoms with Crippen LogP contribution in [0.1, 0.15) is 11.1 Å². The van der Waals surface area contributed by atoms with Crippen molar-refractivity contribution in [2.24, 2.45) is 0 Å². The molecule has 1 aromatic carbocycles. The standard InChI is InChI=1S/C12H14F3NO2S/c13-12(14,15)11-7-10(2-1-9(11)8-17)16-3-5-19(18)6-4-16/h1-2,7,17H,3-6,8H2. The molecule has 0 atom stereocenters. The highest BCUT2D eigenvalue weighted by atomic mass is 32.2. The normalized spacial score (nSPS) is 17.8. The first kappa shape index (κ1) is 14.3. The second-order valence-electron chi connectivity index (χ2n) is 4.33. The number of halogens is 3. The molecule has 1 heterocycles. The van der Waals surface area contributed by atoms with Gasteiger partial charge in [0.15, 0.2) is 0 Å². The molecule has 0 aromatic heterocycles. The molecule has 2 rings (SSSR count). The fourth-order valence-corrected chi connectivity index (χ4v) is 3.11. The van der Waals surface area contributed by atoms with Crippen molar-refractivity contribution in [3.8, 4) is 0 Å². The topological polar surface area (TPSA) is 40.5 Å². The number of aliphatic hydroxyl groups excluding tert-OH is 1. The molecule has 0 spiro atoms. The molecule has 19 heavy (non-hydrogen) atoms. The summed E-state index contributed by atoms with van der Waals surface area (Å²) in [4.78, 5) is 1.79. The molecular weight excluding hydrogens is 279 g/mol. The van der Waals surface area contributed by atoms with Gasteiger partial charge in [-0.3, -0.25) is 4.21 Å². The molecule has 1 aliphatic rings. The summed E-state index contributed by atoms with van der Waals surface area (Å²) in [5.41, 5.74) is -0.475. The Morgan fingerprint density at radius 1 is 1.26 bits per heavy atom. The van der Waals surface area contributed by atoms with Gasteiger partial charge >= 0.3 is 6.18 Å². The first-order valence-corrected chi connectivity index (χ1v) is 7.31. The number of nitrogens with zero attached hydrogens (tertiary/aromatic N) is 1. The van der Waals surface area contributed by atoms with Crippen molar-refractivity contribution >= 4 is 16.5 Å². The Bertz CT molecular complexity index is 480. The summed E-state index contributed by atoms with van der Waals surface area (Å²) in [5.74, 6) is 0.951. The Hall–Kier alpha value is -1.08. The highest BCUT2D eigenvalue weighted by Gasteiger charge is 2.34. The Balaban J connectivity index is 2.30. The second kappa shape index (κ2) is 5.50. The van der Waals surface area contributed by atoms with Crippen LogP contribution < -0.4 is 4.90 Å². The minimum atomic E-state index is -4.48. The van der Waals surface area contributed by atoms with Gasteiger partial charge in [-0.1, -0.05) is 6.07 Å². The van der Waals surface area contributed by atoms with E-state index in [0.29, 0.717) is 30.3 Å². The number of hydrogen-bond donors (Lipinski definition) is 1. The lowest BCUT2D eigenvalue weighted by Gasteiger charge is -2.29. The molecule has 0 unspecified atom stereocenters. The average molecular weight is 293 g/mol. The predicted octanol–water partition coefficient (Wildman–Crippen LogP) is 1.77. The van der Waals surface area contributed by atoms with E-state index in [9.17, 15) is 17.4 Å². The van der Waals surface area contributed by atoms with Crippen LogP contribution in [-0.2, 0) is 23.6 Å². The highest BCUT2D eigenvalue weighted by Crippen LogP contribution is 2.34. The van der Waals surface area contributed by atoms with Crippen molar-refractivity contribution in [3.63, 3.8) is 0 Å². The zero-order valence-electron chi connectivity index (χ0n) is 10.1. The fourth-order valence-electron chi connectivity index (χ4n) is 2.06. The van der Waals surface area contributed by atoms with Crippen LogP contribution in [0.2, 0.25) is 0 Å². The summed E-state index contributed by atoms with van der Waals surface area (Å²) in [7, 11) is -0.867. The van der Waals surface area contributed by atoms with E-state index < -0.39 is 29.1 Å². The lowest BCUT2D eigenvalue weighted by Crippen LogP contribution is -2.37. The largest absolute Gasteiger partial charge is 0.416 e. The number of rotatable bonds is 2. The van der Waals surface area contributed by atoms with E-state index in [0.717, 1.165) is 6.07 Å². The first-order chi connectivity index (χ1) is 8.91. The Morgan fingerprint density at radius 2 is 1.89 bits per heavy atom. The monoisotopic (exact) mass is 293 g/mol. The average Bonchev–Trinajstić information content (AvgIpc) is 2.38. The smallest absolute Gasteiger partial charge is 0.392 e. The quantitative estimate of drug-likeness (QED) is 0.903. The molecule has 1 aliphatic heterocycles. The highest BCUT2D eigenvalue weighted by molar-refractivity contribution is 7.85. The maximum Gasteiger partial charge on any atom is 0.416 e. The summed E-state index contributed by atoms with van der Waals surface area (Å²) in [6.07, 6.45) is -4.48. The summed E-state index contributed by atoms with van der Waals surface area (Å²) in [6, 6.07) is 3.92. The lowest BCUT2D eigenvalue weighted by molar-refractivity contribution is -0.138. The van der Waals surface area contributed by atoms with Gasteiger partial charge in [-0.05, 0) is 17.7 Å². The van der Waals surface area contributed by atoms with E-state index in [2.05, 4.69) is 0 Å². The number of aliphatic hydroxyl groups is 1. The summed E-state index contributed by atoms with van der Waals surface area (Å²) >= 11 is 0. The molecule has 0 radical (unpaired) electrons. The van der Waals surface area contributed by atoms with Gasteiger partial charge in [0.25, 0.3) is 0 Å². The minimum Gasteiger partial charge on any atom is -0.392 e. The van der Waals surface area contributed by atoms with E-state index in [-0.39, 0.29) is 5.56 Å². The van der Waals surface area contributed by atoms with Crippen molar-refractivity contribution in [2.45, 2.75) is 12.8 Å². The third-order valence-electron chi connectivity index (χ3n) is 3.11. The second-order valence-corrected chi connectivity index (χ2v) is 6.03. The summed E-state index contributed by atoms with van der Waals surface area (Å²) < 4.78 is 49.8. The predicted molar refractivity (Wildman–Crippen MR) is 67.5 cm³/mol. The van der Waals surface area contributed by atoms with Gasteiger partial charge in [-0.2, -0.15) is 13.2 Å². The van der Waals surface area contributed by atoms with Crippen LogP contribution in [0.15, 0.2) is 18.2 Å². The van der Waals surface area contributed by atoms with Crippen molar-refractivity contribution in [2.75, 3.05) is 29.5 Å². The zero-order chi connectivity index (χ0) is 14.0. The molecule has 7 heteroatoms. The molecule has 0 bridgehead atoms. The fraction of sp³-hybridized carbons (Fsp3) is 0.500.